The lowest BCUT2D eigenvalue weighted by Gasteiger charge is -2.10. The third-order valence-corrected chi connectivity index (χ3v) is 3.64. The van der Waals surface area contributed by atoms with Crippen LogP contribution in [0.4, 0.5) is 0 Å². The van der Waals surface area contributed by atoms with Gasteiger partial charge in [0.2, 0.25) is 0 Å². The average molecular weight is 187 g/mol. The van der Waals surface area contributed by atoms with Crippen molar-refractivity contribution in [1.82, 2.24) is 5.32 Å². The molecule has 2 aliphatic rings. The van der Waals surface area contributed by atoms with Gasteiger partial charge in [0.1, 0.15) is 0 Å². The van der Waals surface area contributed by atoms with E-state index in [1.807, 2.05) is 0 Å². The zero-order valence-corrected chi connectivity index (χ0v) is 8.72. The smallest absolute Gasteiger partial charge is 0.0323 e. The van der Waals surface area contributed by atoms with E-state index in [1.54, 1.807) is 11.1 Å². The van der Waals surface area contributed by atoms with Crippen LogP contribution in [0.5, 0.6) is 0 Å². The highest BCUT2D eigenvalue weighted by molar-refractivity contribution is 5.40. The largest absolute Gasteiger partial charge is 0.313 e. The van der Waals surface area contributed by atoms with Crippen LogP contribution in [-0.2, 0) is 6.42 Å². The van der Waals surface area contributed by atoms with Crippen molar-refractivity contribution in [3.63, 3.8) is 0 Å². The molecule has 1 heteroatoms. The first kappa shape index (κ1) is 8.49. The van der Waals surface area contributed by atoms with Crippen LogP contribution in [0, 0.1) is 0 Å². The number of fused-ring (bicyclic) bond motifs is 1. The van der Waals surface area contributed by atoms with Crippen molar-refractivity contribution in [2.24, 2.45) is 0 Å². The van der Waals surface area contributed by atoms with Gasteiger partial charge in [-0.1, -0.05) is 18.2 Å². The maximum Gasteiger partial charge on any atom is 0.0323 e. The highest BCUT2D eigenvalue weighted by Crippen LogP contribution is 2.42. The molecule has 0 amide bonds. The molecule has 1 saturated carbocycles. The molecular weight excluding hydrogens is 170 g/mol. The molecule has 74 valence electrons. The predicted molar refractivity (Wildman–Crippen MR) is 58.5 cm³/mol. The molecule has 1 N–H and O–H groups in total. The first-order chi connectivity index (χ1) is 6.88. The minimum Gasteiger partial charge on any atom is -0.313 e. The Bertz CT molecular complexity index is 352. The van der Waals surface area contributed by atoms with E-state index in [1.165, 1.54) is 31.2 Å². The summed E-state index contributed by atoms with van der Waals surface area (Å²) in [5.74, 6) is 0.897. The third-order valence-electron chi connectivity index (χ3n) is 3.64. The lowest BCUT2D eigenvalue weighted by molar-refractivity contribution is 0.590. The fraction of sp³-hybridized carbons (Fsp3) is 0.538. The van der Waals surface area contributed by atoms with E-state index in [9.17, 15) is 0 Å². The molecule has 1 unspecified atom stereocenters. The molecule has 0 spiro atoms. The summed E-state index contributed by atoms with van der Waals surface area (Å²) < 4.78 is 0. The van der Waals surface area contributed by atoms with Gasteiger partial charge in [0.25, 0.3) is 0 Å². The maximum absolute atomic E-state index is 3.38. The average Bonchev–Trinajstić information content (AvgIpc) is 2.98. The molecule has 2 aliphatic carbocycles. The SMILES string of the molecule is CNC1CCc2cc(C3CC3)ccc21. The van der Waals surface area contributed by atoms with Crippen LogP contribution in [0.25, 0.3) is 0 Å². The van der Waals surface area contributed by atoms with Gasteiger partial charge in [0, 0.05) is 6.04 Å². The number of rotatable bonds is 2. The van der Waals surface area contributed by atoms with Crippen molar-refractivity contribution >= 4 is 0 Å². The van der Waals surface area contributed by atoms with Crippen LogP contribution in [0.15, 0.2) is 18.2 Å². The van der Waals surface area contributed by atoms with Crippen LogP contribution in [0.1, 0.15) is 47.9 Å². The van der Waals surface area contributed by atoms with Crippen molar-refractivity contribution < 1.29 is 0 Å². The van der Waals surface area contributed by atoms with E-state index in [0.29, 0.717) is 6.04 Å². The first-order valence-electron chi connectivity index (χ1n) is 5.68. The molecule has 0 aromatic heterocycles. The minimum absolute atomic E-state index is 0.609. The summed E-state index contributed by atoms with van der Waals surface area (Å²) in [4.78, 5) is 0. The first-order valence-corrected chi connectivity index (χ1v) is 5.68. The Kier molecular flexibility index (Phi) is 1.88. The van der Waals surface area contributed by atoms with Crippen LogP contribution >= 0.6 is 0 Å². The summed E-state index contributed by atoms with van der Waals surface area (Å²) in [6, 6.07) is 7.74. The fourth-order valence-electron chi connectivity index (χ4n) is 2.61. The second kappa shape index (κ2) is 3.09. The van der Waals surface area contributed by atoms with Gasteiger partial charge in [-0.05, 0) is 55.3 Å². The highest BCUT2D eigenvalue weighted by Gasteiger charge is 2.26. The molecule has 0 bridgehead atoms. The number of hydrogen-bond donors (Lipinski definition) is 1. The molecule has 14 heavy (non-hydrogen) atoms. The summed E-state index contributed by atoms with van der Waals surface area (Å²) in [6.07, 6.45) is 5.36. The molecule has 0 heterocycles. The second-order valence-corrected chi connectivity index (χ2v) is 4.61. The Morgan fingerprint density at radius 1 is 1.21 bits per heavy atom. The normalized spacial score (nSPS) is 25.1. The molecule has 1 aromatic rings. The van der Waals surface area contributed by atoms with Gasteiger partial charge in [-0.3, -0.25) is 0 Å². The van der Waals surface area contributed by atoms with Gasteiger partial charge < -0.3 is 5.32 Å². The van der Waals surface area contributed by atoms with Crippen molar-refractivity contribution in [2.75, 3.05) is 7.05 Å². The molecule has 0 aliphatic heterocycles. The zero-order chi connectivity index (χ0) is 9.54. The Morgan fingerprint density at radius 3 is 2.79 bits per heavy atom. The topological polar surface area (TPSA) is 12.0 Å². The number of nitrogens with one attached hydrogen (secondary N) is 1. The molecule has 0 saturated heterocycles. The van der Waals surface area contributed by atoms with E-state index >= 15 is 0 Å². The van der Waals surface area contributed by atoms with Crippen LogP contribution in [0.2, 0.25) is 0 Å². The van der Waals surface area contributed by atoms with Crippen molar-refractivity contribution in [3.8, 4) is 0 Å². The molecule has 1 fully saturated rings. The quantitative estimate of drug-likeness (QED) is 0.750. The second-order valence-electron chi connectivity index (χ2n) is 4.61. The van der Waals surface area contributed by atoms with Crippen LogP contribution in [-0.4, -0.2) is 7.05 Å². The lowest BCUT2D eigenvalue weighted by atomic mass is 10.0. The Labute approximate surface area is 85.5 Å². The lowest BCUT2D eigenvalue weighted by Crippen LogP contribution is -2.12. The Hall–Kier alpha value is -0.820. The summed E-state index contributed by atoms with van der Waals surface area (Å²) in [5, 5.41) is 3.38. The van der Waals surface area contributed by atoms with Gasteiger partial charge in [0.15, 0.2) is 0 Å². The molecule has 3 rings (SSSR count). The minimum atomic E-state index is 0.609. The molecular formula is C13H17N. The Balaban J connectivity index is 1.96. The molecule has 1 nitrogen and oxygen atoms in total. The van der Waals surface area contributed by atoms with E-state index in [-0.39, 0.29) is 0 Å². The number of aryl methyl sites for hydroxylation is 1. The number of benzene rings is 1. The van der Waals surface area contributed by atoms with Crippen LogP contribution < -0.4 is 5.32 Å². The molecule has 1 aromatic carbocycles. The van der Waals surface area contributed by atoms with Gasteiger partial charge in [-0.15, -0.1) is 0 Å². The summed E-state index contributed by atoms with van der Waals surface area (Å²) in [6.45, 7) is 0. The van der Waals surface area contributed by atoms with Gasteiger partial charge in [0.05, 0.1) is 0 Å². The summed E-state index contributed by atoms with van der Waals surface area (Å²) >= 11 is 0. The summed E-state index contributed by atoms with van der Waals surface area (Å²) in [5.41, 5.74) is 4.71. The van der Waals surface area contributed by atoms with E-state index < -0.39 is 0 Å². The summed E-state index contributed by atoms with van der Waals surface area (Å²) in [7, 11) is 2.06. The van der Waals surface area contributed by atoms with Crippen molar-refractivity contribution in [2.45, 2.75) is 37.6 Å². The van der Waals surface area contributed by atoms with Gasteiger partial charge in [-0.2, -0.15) is 0 Å². The molecule has 1 atom stereocenters. The monoisotopic (exact) mass is 187 g/mol. The Morgan fingerprint density at radius 2 is 2.07 bits per heavy atom. The van der Waals surface area contributed by atoms with Crippen molar-refractivity contribution in [1.29, 1.82) is 0 Å². The van der Waals surface area contributed by atoms with E-state index in [0.717, 1.165) is 5.92 Å². The zero-order valence-electron chi connectivity index (χ0n) is 8.72. The highest BCUT2D eigenvalue weighted by atomic mass is 14.9. The third kappa shape index (κ3) is 1.27. The van der Waals surface area contributed by atoms with Crippen LogP contribution in [0.3, 0.4) is 0 Å². The van der Waals surface area contributed by atoms with Crippen molar-refractivity contribution in [3.05, 3.63) is 34.9 Å². The fourth-order valence-corrected chi connectivity index (χ4v) is 2.61. The maximum atomic E-state index is 3.38. The van der Waals surface area contributed by atoms with Gasteiger partial charge in [-0.25, -0.2) is 0 Å². The van der Waals surface area contributed by atoms with E-state index in [4.69, 9.17) is 0 Å². The number of hydrogen-bond acceptors (Lipinski definition) is 1. The molecule has 0 radical (unpaired) electrons. The standard InChI is InChI=1S/C13H17N/c1-14-13-7-5-11-8-10(9-2-3-9)4-6-12(11)13/h4,6,8-9,13-14H,2-3,5,7H2,1H3. The predicted octanol–water partition coefficient (Wildman–Crippen LogP) is 2.77. The van der Waals surface area contributed by atoms with E-state index in [2.05, 4.69) is 30.6 Å². The van der Waals surface area contributed by atoms with Gasteiger partial charge >= 0.3 is 0 Å².